The maximum absolute atomic E-state index is 13.0. The van der Waals surface area contributed by atoms with E-state index in [9.17, 15) is 18.0 Å². The molecule has 0 unspecified atom stereocenters. The zero-order valence-electron chi connectivity index (χ0n) is 18.4. The Kier molecular flexibility index (Phi) is 6.96. The van der Waals surface area contributed by atoms with Crippen molar-refractivity contribution in [1.29, 1.82) is 0 Å². The number of nitrogen functional groups attached to an aromatic ring is 1. The number of aromatic nitrogens is 2. The van der Waals surface area contributed by atoms with Gasteiger partial charge in [0.05, 0.1) is 5.69 Å². The van der Waals surface area contributed by atoms with E-state index in [0.29, 0.717) is 35.2 Å². The van der Waals surface area contributed by atoms with Gasteiger partial charge in [0, 0.05) is 23.1 Å². The number of amides is 1. The lowest BCUT2D eigenvalue weighted by Crippen LogP contribution is -2.17. The second-order valence-corrected chi connectivity index (χ2v) is 7.63. The normalized spacial score (nSPS) is 11.2. The summed E-state index contributed by atoms with van der Waals surface area (Å²) in [6.07, 6.45) is -1.69. The van der Waals surface area contributed by atoms with Gasteiger partial charge >= 0.3 is 6.36 Å². The fourth-order valence-corrected chi connectivity index (χ4v) is 3.52. The van der Waals surface area contributed by atoms with E-state index in [1.165, 1.54) is 24.3 Å². The highest BCUT2D eigenvalue weighted by atomic mass is 19.4. The number of carbonyl (C=O) groups is 1. The maximum atomic E-state index is 13.0. The van der Waals surface area contributed by atoms with E-state index in [2.05, 4.69) is 20.0 Å². The van der Waals surface area contributed by atoms with Crippen molar-refractivity contribution < 1.29 is 22.7 Å². The van der Waals surface area contributed by atoms with Crippen LogP contribution in [0.1, 0.15) is 21.7 Å². The van der Waals surface area contributed by atoms with Gasteiger partial charge in [0.15, 0.2) is 0 Å². The summed E-state index contributed by atoms with van der Waals surface area (Å²) in [5.74, 6) is -0.584. The summed E-state index contributed by atoms with van der Waals surface area (Å²) in [7, 11) is 0. The molecule has 178 valence electrons. The van der Waals surface area contributed by atoms with Crippen molar-refractivity contribution in [3.05, 3.63) is 102 Å². The van der Waals surface area contributed by atoms with Crippen LogP contribution in [0.4, 0.5) is 24.7 Å². The first kappa shape index (κ1) is 23.7. The average Bonchev–Trinajstić information content (AvgIpc) is 2.84. The van der Waals surface area contributed by atoms with Crippen LogP contribution < -0.4 is 15.8 Å². The molecule has 2 aromatic heterocycles. The van der Waals surface area contributed by atoms with E-state index in [1.807, 2.05) is 18.2 Å². The van der Waals surface area contributed by atoms with E-state index >= 15 is 0 Å². The molecule has 3 N–H and O–H groups in total. The van der Waals surface area contributed by atoms with Crippen molar-refractivity contribution in [2.45, 2.75) is 19.2 Å². The lowest BCUT2D eigenvalue weighted by Gasteiger charge is -2.13. The third-order valence-electron chi connectivity index (χ3n) is 5.16. The highest BCUT2D eigenvalue weighted by Gasteiger charge is 2.31. The number of benzene rings is 2. The molecule has 0 bridgehead atoms. The Morgan fingerprint density at radius 2 is 1.60 bits per heavy atom. The number of nitrogens with zero attached hydrogens (tertiary/aromatic N) is 2. The van der Waals surface area contributed by atoms with Gasteiger partial charge in [0.1, 0.15) is 11.6 Å². The average molecular weight is 478 g/mol. The van der Waals surface area contributed by atoms with Crippen LogP contribution in [0.5, 0.6) is 5.75 Å². The molecule has 0 aliphatic rings. The van der Waals surface area contributed by atoms with Crippen LogP contribution in [0.25, 0.3) is 11.1 Å². The fraction of sp³-hybridized carbons (Fsp3) is 0.115. The molecule has 0 fully saturated rings. The van der Waals surface area contributed by atoms with E-state index in [1.54, 1.807) is 42.6 Å². The molecule has 0 radical (unpaired) electrons. The summed E-state index contributed by atoms with van der Waals surface area (Å²) in [5, 5.41) is 2.77. The topological polar surface area (TPSA) is 90.1 Å². The largest absolute Gasteiger partial charge is 0.573 e. The molecule has 0 spiro atoms. The lowest BCUT2D eigenvalue weighted by molar-refractivity contribution is -0.274. The number of carbonyl (C=O) groups excluding carboxylic acids is 1. The van der Waals surface area contributed by atoms with E-state index in [4.69, 9.17) is 5.73 Å². The summed E-state index contributed by atoms with van der Waals surface area (Å²) in [6, 6.07) is 21.3. The number of hydrogen-bond acceptors (Lipinski definition) is 5. The summed E-state index contributed by atoms with van der Waals surface area (Å²) in [6.45, 7) is 0. The van der Waals surface area contributed by atoms with Gasteiger partial charge in [-0.15, -0.1) is 13.2 Å². The van der Waals surface area contributed by atoms with Crippen LogP contribution in [0, 0.1) is 0 Å². The number of hydrogen-bond donors (Lipinski definition) is 2. The highest BCUT2D eigenvalue weighted by Crippen LogP contribution is 2.29. The smallest absolute Gasteiger partial charge is 0.406 e. The molecule has 0 aliphatic heterocycles. The molecule has 6 nitrogen and oxygen atoms in total. The van der Waals surface area contributed by atoms with Crippen LogP contribution in [0.3, 0.4) is 0 Å². The first-order chi connectivity index (χ1) is 16.8. The standard InChI is InChI=1S/C26H21F3N4O2/c27-26(28,29)35-20-13-8-17(9-14-20)21-6-1-2-7-22(21)25(34)33-23-15-12-19(32-24(23)30)11-10-18-5-3-4-16-31-18/h1-9,12-16H,10-11H2,(H2,30,32)(H,33,34). The minimum absolute atomic E-state index is 0.183. The van der Waals surface area contributed by atoms with Crippen molar-refractivity contribution in [3.63, 3.8) is 0 Å². The molecule has 9 heteroatoms. The molecular formula is C26H21F3N4O2. The number of halogens is 3. The first-order valence-electron chi connectivity index (χ1n) is 10.7. The molecule has 4 aromatic rings. The number of nitrogens with one attached hydrogen (secondary N) is 1. The van der Waals surface area contributed by atoms with Gasteiger partial charge in [0.2, 0.25) is 0 Å². The SMILES string of the molecule is Nc1nc(CCc2ccccn2)ccc1NC(=O)c1ccccc1-c1ccc(OC(F)(F)F)cc1. The Bertz CT molecular complexity index is 1310. The predicted octanol–water partition coefficient (Wildman–Crippen LogP) is 5.66. The van der Waals surface area contributed by atoms with Gasteiger partial charge in [-0.1, -0.05) is 36.4 Å². The summed E-state index contributed by atoms with van der Waals surface area (Å²) in [4.78, 5) is 21.7. The third-order valence-corrected chi connectivity index (χ3v) is 5.16. The first-order valence-corrected chi connectivity index (χ1v) is 10.7. The number of nitrogens with two attached hydrogens (primary N) is 1. The Hall–Kier alpha value is -4.40. The number of ether oxygens (including phenoxy) is 1. The molecule has 0 atom stereocenters. The molecular weight excluding hydrogens is 457 g/mol. The van der Waals surface area contributed by atoms with Gasteiger partial charge < -0.3 is 15.8 Å². The quantitative estimate of drug-likeness (QED) is 0.358. The number of anilines is 2. The summed E-state index contributed by atoms with van der Waals surface area (Å²) < 4.78 is 41.2. The minimum atomic E-state index is -4.78. The highest BCUT2D eigenvalue weighted by molar-refractivity contribution is 6.09. The second kappa shape index (κ2) is 10.3. The molecule has 4 rings (SSSR count). The van der Waals surface area contributed by atoms with Crippen LogP contribution in [-0.2, 0) is 12.8 Å². The van der Waals surface area contributed by atoms with Crippen molar-refractivity contribution in [2.75, 3.05) is 11.1 Å². The van der Waals surface area contributed by atoms with Gasteiger partial charge in [-0.25, -0.2) is 4.98 Å². The van der Waals surface area contributed by atoms with Crippen LogP contribution in [0.15, 0.2) is 85.1 Å². The monoisotopic (exact) mass is 478 g/mol. The minimum Gasteiger partial charge on any atom is -0.406 e. The molecule has 0 aliphatic carbocycles. The zero-order valence-corrected chi connectivity index (χ0v) is 18.4. The number of rotatable bonds is 7. The molecule has 0 saturated carbocycles. The number of pyridine rings is 2. The van der Waals surface area contributed by atoms with Crippen molar-refractivity contribution in [2.24, 2.45) is 0 Å². The Morgan fingerprint density at radius 1 is 0.886 bits per heavy atom. The zero-order chi connectivity index (χ0) is 24.8. The maximum Gasteiger partial charge on any atom is 0.573 e. The van der Waals surface area contributed by atoms with E-state index < -0.39 is 12.3 Å². The third kappa shape index (κ3) is 6.35. The van der Waals surface area contributed by atoms with E-state index in [-0.39, 0.29) is 11.6 Å². The second-order valence-electron chi connectivity index (χ2n) is 7.63. The van der Waals surface area contributed by atoms with Gasteiger partial charge in [-0.2, -0.15) is 0 Å². The van der Waals surface area contributed by atoms with Gasteiger partial charge in [0.25, 0.3) is 5.91 Å². The lowest BCUT2D eigenvalue weighted by atomic mass is 9.99. The Morgan fingerprint density at radius 3 is 2.29 bits per heavy atom. The fourth-order valence-electron chi connectivity index (χ4n) is 3.52. The molecule has 0 saturated heterocycles. The van der Waals surface area contributed by atoms with Gasteiger partial charge in [-0.3, -0.25) is 9.78 Å². The summed E-state index contributed by atoms with van der Waals surface area (Å²) >= 11 is 0. The van der Waals surface area contributed by atoms with Crippen LogP contribution in [-0.4, -0.2) is 22.2 Å². The van der Waals surface area contributed by atoms with Crippen LogP contribution >= 0.6 is 0 Å². The van der Waals surface area contributed by atoms with Crippen molar-refractivity contribution >= 4 is 17.4 Å². The molecule has 2 aromatic carbocycles. The number of alkyl halides is 3. The van der Waals surface area contributed by atoms with Crippen molar-refractivity contribution in [3.8, 4) is 16.9 Å². The van der Waals surface area contributed by atoms with E-state index in [0.717, 1.165) is 11.4 Å². The predicted molar refractivity (Wildman–Crippen MR) is 127 cm³/mol. The molecule has 1 amide bonds. The Labute approximate surface area is 199 Å². The summed E-state index contributed by atoms with van der Waals surface area (Å²) in [5.41, 5.74) is 9.59. The number of aryl methyl sites for hydroxylation is 2. The Balaban J connectivity index is 1.48. The van der Waals surface area contributed by atoms with Crippen LogP contribution in [0.2, 0.25) is 0 Å². The van der Waals surface area contributed by atoms with Crippen molar-refractivity contribution in [1.82, 2.24) is 9.97 Å². The molecule has 35 heavy (non-hydrogen) atoms. The molecule has 2 heterocycles. The van der Waals surface area contributed by atoms with Gasteiger partial charge in [-0.05, 0) is 66.4 Å².